The van der Waals surface area contributed by atoms with Gasteiger partial charge in [0.1, 0.15) is 0 Å². The second-order valence-corrected chi connectivity index (χ2v) is 6.31. The molecule has 0 radical (unpaired) electrons. The third-order valence-corrected chi connectivity index (χ3v) is 4.51. The molecule has 0 saturated heterocycles. The molecule has 0 aliphatic carbocycles. The van der Waals surface area contributed by atoms with E-state index >= 15 is 0 Å². The van der Waals surface area contributed by atoms with Gasteiger partial charge in [-0.15, -0.1) is 0 Å². The Morgan fingerprint density at radius 2 is 1.71 bits per heavy atom. The van der Waals surface area contributed by atoms with Crippen molar-refractivity contribution >= 4 is 11.6 Å². The quantitative estimate of drug-likeness (QED) is 0.589. The van der Waals surface area contributed by atoms with Crippen LogP contribution < -0.4 is 0 Å². The smallest absolute Gasteiger partial charge is 0.0848 e. The zero-order valence-corrected chi connectivity index (χ0v) is 14.6. The van der Waals surface area contributed by atoms with Gasteiger partial charge in [-0.1, -0.05) is 63.5 Å². The van der Waals surface area contributed by atoms with Crippen LogP contribution in [0.4, 0.5) is 0 Å². The molecule has 1 heterocycles. The van der Waals surface area contributed by atoms with Crippen molar-refractivity contribution in [3.63, 3.8) is 0 Å². The van der Waals surface area contributed by atoms with Crippen molar-refractivity contribution in [1.29, 1.82) is 0 Å². The fourth-order valence-electron chi connectivity index (χ4n) is 2.73. The normalized spacial score (nSPS) is 12.8. The van der Waals surface area contributed by atoms with Gasteiger partial charge in [0.2, 0.25) is 0 Å². The lowest BCUT2D eigenvalue weighted by Gasteiger charge is -2.12. The molecule has 0 amide bonds. The molecule has 1 N–H and O–H groups in total. The van der Waals surface area contributed by atoms with Crippen LogP contribution in [0.15, 0.2) is 0 Å². The van der Waals surface area contributed by atoms with Gasteiger partial charge in [0.15, 0.2) is 0 Å². The predicted molar refractivity (Wildman–Crippen MR) is 90.0 cm³/mol. The third-order valence-electron chi connectivity index (χ3n) is 4.02. The van der Waals surface area contributed by atoms with Gasteiger partial charge in [0.05, 0.1) is 22.5 Å². The number of aryl methyl sites for hydroxylation is 2. The summed E-state index contributed by atoms with van der Waals surface area (Å²) in [7, 11) is 0. The van der Waals surface area contributed by atoms with Crippen LogP contribution in [-0.4, -0.2) is 21.0 Å². The van der Waals surface area contributed by atoms with E-state index in [1.807, 2.05) is 11.6 Å². The highest BCUT2D eigenvalue weighted by atomic mass is 35.5. The Morgan fingerprint density at radius 3 is 2.33 bits per heavy atom. The van der Waals surface area contributed by atoms with Gasteiger partial charge in [0.25, 0.3) is 0 Å². The first-order valence-corrected chi connectivity index (χ1v) is 8.87. The molecule has 1 rings (SSSR count). The summed E-state index contributed by atoms with van der Waals surface area (Å²) in [5, 5.41) is 15.3. The molecule has 0 bridgehead atoms. The van der Waals surface area contributed by atoms with E-state index < -0.39 is 0 Å². The first-order valence-electron chi connectivity index (χ1n) is 8.49. The Morgan fingerprint density at radius 1 is 1.10 bits per heavy atom. The van der Waals surface area contributed by atoms with Gasteiger partial charge in [-0.3, -0.25) is 4.68 Å². The monoisotopic (exact) mass is 314 g/mol. The fraction of sp³-hybridized carbons (Fsp3) is 0.824. The summed E-state index contributed by atoms with van der Waals surface area (Å²) >= 11 is 6.27. The molecule has 1 aromatic rings. The van der Waals surface area contributed by atoms with E-state index in [4.69, 9.17) is 11.6 Å². The second-order valence-electron chi connectivity index (χ2n) is 5.93. The molecular weight excluding hydrogens is 284 g/mol. The fourth-order valence-corrected chi connectivity index (χ4v) is 2.94. The minimum atomic E-state index is -0.306. The average molecular weight is 315 g/mol. The Bertz CT molecular complexity index is 404. The van der Waals surface area contributed by atoms with E-state index in [1.54, 1.807) is 0 Å². The van der Waals surface area contributed by atoms with Gasteiger partial charge >= 0.3 is 0 Å². The number of aromatic nitrogens is 2. The van der Waals surface area contributed by atoms with Gasteiger partial charge in [0, 0.05) is 13.0 Å². The van der Waals surface area contributed by atoms with Crippen LogP contribution in [0.25, 0.3) is 0 Å². The minimum Gasteiger partial charge on any atom is -0.393 e. The van der Waals surface area contributed by atoms with E-state index in [2.05, 4.69) is 18.9 Å². The average Bonchev–Trinajstić information content (AvgIpc) is 2.74. The molecule has 21 heavy (non-hydrogen) atoms. The van der Waals surface area contributed by atoms with Crippen LogP contribution in [0.5, 0.6) is 0 Å². The summed E-state index contributed by atoms with van der Waals surface area (Å²) in [6, 6.07) is 0. The van der Waals surface area contributed by atoms with Crippen LogP contribution in [0, 0.1) is 6.92 Å². The second kappa shape index (κ2) is 10.2. The molecular formula is C17H31ClN2O. The highest BCUT2D eigenvalue weighted by molar-refractivity contribution is 6.31. The number of unbranched alkanes of at least 4 members (excludes halogenated alkanes) is 6. The largest absolute Gasteiger partial charge is 0.393 e. The zero-order chi connectivity index (χ0) is 15.7. The number of nitrogens with zero attached hydrogens (tertiary/aromatic N) is 2. The number of hydrogen-bond acceptors (Lipinski definition) is 2. The van der Waals surface area contributed by atoms with Gasteiger partial charge < -0.3 is 5.11 Å². The summed E-state index contributed by atoms with van der Waals surface area (Å²) in [5.74, 6) is 0. The summed E-state index contributed by atoms with van der Waals surface area (Å²) in [5.41, 5.74) is 1.84. The van der Waals surface area contributed by atoms with Crippen molar-refractivity contribution in [2.75, 3.05) is 0 Å². The number of halogens is 1. The maximum atomic E-state index is 10.2. The van der Waals surface area contributed by atoms with E-state index in [1.165, 1.54) is 38.5 Å². The van der Waals surface area contributed by atoms with Crippen LogP contribution in [-0.2, 0) is 13.0 Å². The van der Waals surface area contributed by atoms with E-state index in [9.17, 15) is 5.11 Å². The van der Waals surface area contributed by atoms with E-state index in [-0.39, 0.29) is 6.10 Å². The Balaban J connectivity index is 2.26. The number of aliphatic hydroxyl groups is 1. The lowest BCUT2D eigenvalue weighted by atomic mass is 10.0. The summed E-state index contributed by atoms with van der Waals surface area (Å²) in [6.07, 6.45) is 10.1. The first kappa shape index (κ1) is 18.5. The van der Waals surface area contributed by atoms with Crippen LogP contribution in [0.3, 0.4) is 0 Å². The molecule has 4 heteroatoms. The van der Waals surface area contributed by atoms with Crippen molar-refractivity contribution in [2.24, 2.45) is 0 Å². The summed E-state index contributed by atoms with van der Waals surface area (Å²) < 4.78 is 1.91. The standard InChI is InChI=1S/C17H31ClN2O/c1-4-6-7-8-9-10-11-12-15(21)13-16-17(18)14(3)19-20(16)5-2/h15,21H,4-13H2,1-3H3. The SMILES string of the molecule is CCCCCCCCCC(O)Cc1c(Cl)c(C)nn1CC. The van der Waals surface area contributed by atoms with Crippen molar-refractivity contribution in [2.45, 2.75) is 91.2 Å². The zero-order valence-electron chi connectivity index (χ0n) is 13.9. The molecule has 1 unspecified atom stereocenters. The van der Waals surface area contributed by atoms with Gasteiger partial charge in [-0.05, 0) is 20.3 Å². The lowest BCUT2D eigenvalue weighted by molar-refractivity contribution is 0.158. The Kier molecular flexibility index (Phi) is 9.02. The Labute approximate surface area is 134 Å². The van der Waals surface area contributed by atoms with Gasteiger partial charge in [-0.2, -0.15) is 5.10 Å². The molecule has 0 aromatic carbocycles. The van der Waals surface area contributed by atoms with Crippen molar-refractivity contribution in [3.05, 3.63) is 16.4 Å². The molecule has 0 fully saturated rings. The van der Waals surface area contributed by atoms with Crippen LogP contribution in [0.2, 0.25) is 5.02 Å². The molecule has 3 nitrogen and oxygen atoms in total. The topological polar surface area (TPSA) is 38.1 Å². The highest BCUT2D eigenvalue weighted by Gasteiger charge is 2.16. The maximum absolute atomic E-state index is 10.2. The number of aliphatic hydroxyl groups excluding tert-OH is 1. The van der Waals surface area contributed by atoms with Crippen molar-refractivity contribution < 1.29 is 5.11 Å². The molecule has 1 aromatic heterocycles. The Hall–Kier alpha value is -0.540. The number of rotatable bonds is 11. The summed E-state index contributed by atoms with van der Waals surface area (Å²) in [6.45, 7) is 7.01. The van der Waals surface area contributed by atoms with Crippen molar-refractivity contribution in [1.82, 2.24) is 9.78 Å². The first-order chi connectivity index (χ1) is 10.1. The molecule has 0 aliphatic rings. The van der Waals surface area contributed by atoms with Gasteiger partial charge in [-0.25, -0.2) is 0 Å². The van der Waals surface area contributed by atoms with E-state index in [0.717, 1.165) is 35.8 Å². The predicted octanol–water partition coefficient (Wildman–Crippen LogP) is 4.91. The summed E-state index contributed by atoms with van der Waals surface area (Å²) in [4.78, 5) is 0. The van der Waals surface area contributed by atoms with Crippen LogP contribution in [0.1, 0.15) is 76.6 Å². The van der Waals surface area contributed by atoms with E-state index in [0.29, 0.717) is 6.42 Å². The molecule has 122 valence electrons. The third kappa shape index (κ3) is 6.39. The maximum Gasteiger partial charge on any atom is 0.0848 e. The minimum absolute atomic E-state index is 0.306. The highest BCUT2D eigenvalue weighted by Crippen LogP contribution is 2.22. The lowest BCUT2D eigenvalue weighted by Crippen LogP contribution is -2.14. The molecule has 0 spiro atoms. The molecule has 0 aliphatic heterocycles. The molecule has 0 saturated carbocycles. The molecule has 1 atom stereocenters. The van der Waals surface area contributed by atoms with Crippen LogP contribution >= 0.6 is 11.6 Å². The van der Waals surface area contributed by atoms with Crippen molar-refractivity contribution in [3.8, 4) is 0 Å². The number of hydrogen-bond donors (Lipinski definition) is 1.